The number of nitrogens with zero attached hydrogens (tertiary/aromatic N) is 2. The molecule has 1 heterocycles. The standard InChI is InChI=1S/C29H33N3O4/c1-2-35-28(34)14-8-16-36-27-18-23-26(17-22(27)11-7-15-30)32(19-21-9-4-3-5-10-21)25-13-6-12-24(29(23)25)31-20-33/h3-5,9-10,17-18,20,24H,2,6-8,11-14,16,19H2,1H3,(H,31,33). The van der Waals surface area contributed by atoms with Gasteiger partial charge in [0.25, 0.3) is 0 Å². The van der Waals surface area contributed by atoms with Crippen molar-refractivity contribution in [2.24, 2.45) is 0 Å². The molecule has 0 bridgehead atoms. The lowest BCUT2D eigenvalue weighted by atomic mass is 9.90. The third kappa shape index (κ3) is 5.71. The number of carbonyl (C=O) groups excluding carboxylic acids is 2. The van der Waals surface area contributed by atoms with Crippen molar-refractivity contribution >= 4 is 23.3 Å². The highest BCUT2D eigenvalue weighted by atomic mass is 16.5. The van der Waals surface area contributed by atoms with Crippen molar-refractivity contribution in [3.05, 3.63) is 64.8 Å². The van der Waals surface area contributed by atoms with Crippen LogP contribution in [0.1, 0.15) is 67.5 Å². The van der Waals surface area contributed by atoms with Crippen molar-refractivity contribution in [1.29, 1.82) is 5.26 Å². The van der Waals surface area contributed by atoms with Gasteiger partial charge in [0.1, 0.15) is 5.75 Å². The molecule has 0 saturated carbocycles. The molecule has 3 aromatic rings. The Kier molecular flexibility index (Phi) is 8.62. The average Bonchev–Trinajstić information content (AvgIpc) is 3.19. The SMILES string of the molecule is CCOC(=O)CCCOc1cc2c3c(n(Cc4ccccc4)c2cc1CCC#N)CCCC3NC=O. The van der Waals surface area contributed by atoms with Gasteiger partial charge in [0.2, 0.25) is 6.41 Å². The summed E-state index contributed by atoms with van der Waals surface area (Å²) in [6, 6.07) is 16.8. The fraction of sp³-hybridized carbons (Fsp3) is 0.414. The zero-order valence-corrected chi connectivity index (χ0v) is 20.8. The number of aryl methyl sites for hydroxylation is 1. The summed E-state index contributed by atoms with van der Waals surface area (Å²) in [7, 11) is 0. The Labute approximate surface area is 212 Å². The molecule has 36 heavy (non-hydrogen) atoms. The van der Waals surface area contributed by atoms with Crippen molar-refractivity contribution in [3.8, 4) is 11.8 Å². The van der Waals surface area contributed by atoms with E-state index in [1.807, 2.05) is 18.2 Å². The molecular weight excluding hydrogens is 454 g/mol. The van der Waals surface area contributed by atoms with Crippen LogP contribution in [-0.2, 0) is 33.7 Å². The highest BCUT2D eigenvalue weighted by Crippen LogP contribution is 2.41. The number of benzene rings is 2. The smallest absolute Gasteiger partial charge is 0.305 e. The van der Waals surface area contributed by atoms with E-state index in [0.717, 1.165) is 60.0 Å². The van der Waals surface area contributed by atoms with Crippen LogP contribution in [0.25, 0.3) is 10.9 Å². The van der Waals surface area contributed by atoms with Gasteiger partial charge in [0.05, 0.1) is 25.3 Å². The molecule has 0 aliphatic heterocycles. The van der Waals surface area contributed by atoms with Crippen molar-refractivity contribution < 1.29 is 19.1 Å². The van der Waals surface area contributed by atoms with E-state index in [-0.39, 0.29) is 12.0 Å². The summed E-state index contributed by atoms with van der Waals surface area (Å²) in [5, 5.41) is 13.3. The molecule has 7 heteroatoms. The first-order chi connectivity index (χ1) is 17.7. The van der Waals surface area contributed by atoms with Crippen LogP contribution < -0.4 is 10.1 Å². The van der Waals surface area contributed by atoms with E-state index in [0.29, 0.717) is 38.9 Å². The zero-order valence-electron chi connectivity index (χ0n) is 20.8. The highest BCUT2D eigenvalue weighted by molar-refractivity contribution is 5.89. The number of amides is 1. The van der Waals surface area contributed by atoms with Crippen LogP contribution in [0.15, 0.2) is 42.5 Å². The minimum atomic E-state index is -0.226. The number of nitrogens with one attached hydrogen (secondary N) is 1. The van der Waals surface area contributed by atoms with E-state index in [1.54, 1.807) is 6.92 Å². The molecule has 1 aliphatic carbocycles. The summed E-state index contributed by atoms with van der Waals surface area (Å²) in [6.07, 6.45) is 5.44. The predicted octanol–water partition coefficient (Wildman–Crippen LogP) is 4.99. The monoisotopic (exact) mass is 487 g/mol. The molecular formula is C29H33N3O4. The topological polar surface area (TPSA) is 93.3 Å². The molecule has 2 aromatic carbocycles. The van der Waals surface area contributed by atoms with Gasteiger partial charge < -0.3 is 19.4 Å². The van der Waals surface area contributed by atoms with Gasteiger partial charge in [-0.2, -0.15) is 5.26 Å². The first-order valence-electron chi connectivity index (χ1n) is 12.7. The van der Waals surface area contributed by atoms with E-state index in [9.17, 15) is 14.9 Å². The normalized spacial score (nSPS) is 14.6. The van der Waals surface area contributed by atoms with Gasteiger partial charge in [-0.3, -0.25) is 9.59 Å². The van der Waals surface area contributed by atoms with Crippen LogP contribution in [0, 0.1) is 11.3 Å². The summed E-state index contributed by atoms with van der Waals surface area (Å²) < 4.78 is 13.5. The molecule has 188 valence electrons. The molecule has 1 atom stereocenters. The second kappa shape index (κ2) is 12.3. The van der Waals surface area contributed by atoms with E-state index in [4.69, 9.17) is 9.47 Å². The number of aromatic nitrogens is 1. The van der Waals surface area contributed by atoms with Crippen LogP contribution in [0.2, 0.25) is 0 Å². The van der Waals surface area contributed by atoms with Crippen LogP contribution in [0.3, 0.4) is 0 Å². The molecule has 0 spiro atoms. The molecule has 7 nitrogen and oxygen atoms in total. The summed E-state index contributed by atoms with van der Waals surface area (Å²) >= 11 is 0. The maximum Gasteiger partial charge on any atom is 0.305 e. The van der Waals surface area contributed by atoms with E-state index >= 15 is 0 Å². The van der Waals surface area contributed by atoms with Gasteiger partial charge >= 0.3 is 5.97 Å². The van der Waals surface area contributed by atoms with Crippen LogP contribution in [-0.4, -0.2) is 30.2 Å². The molecule has 1 aliphatic rings. The lowest BCUT2D eigenvalue weighted by Crippen LogP contribution is -2.24. The lowest BCUT2D eigenvalue weighted by Gasteiger charge is -2.24. The number of ether oxygens (including phenoxy) is 2. The van der Waals surface area contributed by atoms with Gasteiger partial charge in [0, 0.05) is 41.5 Å². The number of fused-ring (bicyclic) bond motifs is 3. The summed E-state index contributed by atoms with van der Waals surface area (Å²) in [6.45, 7) is 3.28. The van der Waals surface area contributed by atoms with Gasteiger partial charge in [0.15, 0.2) is 0 Å². The Bertz CT molecular complexity index is 1240. The minimum Gasteiger partial charge on any atom is -0.493 e. The van der Waals surface area contributed by atoms with Crippen LogP contribution >= 0.6 is 0 Å². The quantitative estimate of drug-likeness (QED) is 0.221. The van der Waals surface area contributed by atoms with E-state index in [1.165, 1.54) is 11.3 Å². The molecule has 1 N–H and O–H groups in total. The third-order valence-corrected chi connectivity index (χ3v) is 6.70. The maximum atomic E-state index is 11.7. The summed E-state index contributed by atoms with van der Waals surface area (Å²) in [5.41, 5.74) is 5.67. The van der Waals surface area contributed by atoms with Crippen LogP contribution in [0.5, 0.6) is 5.75 Å². The van der Waals surface area contributed by atoms with Crippen molar-refractivity contribution in [1.82, 2.24) is 9.88 Å². The fourth-order valence-electron chi connectivity index (χ4n) is 5.12. The second-order valence-electron chi connectivity index (χ2n) is 9.05. The highest BCUT2D eigenvalue weighted by Gasteiger charge is 2.28. The first kappa shape index (κ1) is 25.3. The largest absolute Gasteiger partial charge is 0.493 e. The summed E-state index contributed by atoms with van der Waals surface area (Å²) in [4.78, 5) is 23.1. The van der Waals surface area contributed by atoms with Gasteiger partial charge in [-0.1, -0.05) is 30.3 Å². The lowest BCUT2D eigenvalue weighted by molar-refractivity contribution is -0.143. The zero-order chi connectivity index (χ0) is 25.3. The molecule has 4 rings (SSSR count). The molecule has 0 saturated heterocycles. The first-order valence-corrected chi connectivity index (χ1v) is 12.7. The number of hydrogen-bond donors (Lipinski definition) is 1. The number of rotatable bonds is 12. The maximum absolute atomic E-state index is 11.7. The van der Waals surface area contributed by atoms with Gasteiger partial charge in [-0.25, -0.2) is 0 Å². The van der Waals surface area contributed by atoms with Gasteiger partial charge in [-0.05, 0) is 62.3 Å². The fourth-order valence-corrected chi connectivity index (χ4v) is 5.12. The van der Waals surface area contributed by atoms with Crippen molar-refractivity contribution in [2.75, 3.05) is 13.2 Å². The minimum absolute atomic E-state index is 0.0487. The van der Waals surface area contributed by atoms with Crippen molar-refractivity contribution in [2.45, 2.75) is 64.5 Å². The number of hydrogen-bond acceptors (Lipinski definition) is 5. The van der Waals surface area contributed by atoms with Gasteiger partial charge in [-0.15, -0.1) is 0 Å². The third-order valence-electron chi connectivity index (χ3n) is 6.70. The average molecular weight is 488 g/mol. The Morgan fingerprint density at radius 2 is 2.11 bits per heavy atom. The molecule has 1 amide bonds. The number of carbonyl (C=O) groups is 2. The Hall–Kier alpha value is -3.79. The second-order valence-corrected chi connectivity index (χ2v) is 9.05. The number of nitriles is 1. The van der Waals surface area contributed by atoms with Crippen molar-refractivity contribution in [3.63, 3.8) is 0 Å². The number of esters is 1. The Morgan fingerprint density at radius 3 is 2.86 bits per heavy atom. The van der Waals surface area contributed by atoms with E-state index in [2.05, 4.69) is 40.2 Å². The summed E-state index contributed by atoms with van der Waals surface area (Å²) in [5.74, 6) is 0.507. The Balaban J connectivity index is 1.75. The van der Waals surface area contributed by atoms with Crippen LogP contribution in [0.4, 0.5) is 0 Å². The molecule has 0 radical (unpaired) electrons. The Morgan fingerprint density at radius 1 is 1.28 bits per heavy atom. The van der Waals surface area contributed by atoms with E-state index < -0.39 is 0 Å². The molecule has 1 unspecified atom stereocenters. The molecule has 1 aromatic heterocycles. The molecule has 0 fully saturated rings. The predicted molar refractivity (Wildman–Crippen MR) is 138 cm³/mol.